The molecule has 0 radical (unpaired) electrons. The zero-order valence-corrected chi connectivity index (χ0v) is 18.9. The minimum atomic E-state index is -0.809. The minimum absolute atomic E-state index is 0.0600. The van der Waals surface area contributed by atoms with Crippen LogP contribution >= 0.6 is 11.8 Å². The highest BCUT2D eigenvalue weighted by Gasteiger charge is 2.51. The third-order valence-electron chi connectivity index (χ3n) is 5.71. The van der Waals surface area contributed by atoms with Crippen molar-refractivity contribution >= 4 is 22.7 Å². The van der Waals surface area contributed by atoms with Crippen molar-refractivity contribution < 1.29 is 18.3 Å². The second-order valence-corrected chi connectivity index (χ2v) is 9.15. The molecule has 1 unspecified atom stereocenters. The van der Waals surface area contributed by atoms with Gasteiger partial charge in [-0.2, -0.15) is 5.10 Å². The van der Waals surface area contributed by atoms with E-state index in [2.05, 4.69) is 10.4 Å². The molecule has 0 aromatic heterocycles. The van der Waals surface area contributed by atoms with Gasteiger partial charge in [-0.25, -0.2) is 13.8 Å². The van der Waals surface area contributed by atoms with E-state index in [-0.39, 0.29) is 17.9 Å². The summed E-state index contributed by atoms with van der Waals surface area (Å²) in [5, 5.41) is 9.40. The number of hydrogen-bond donors (Lipinski definition) is 1. The van der Waals surface area contributed by atoms with Gasteiger partial charge < -0.3 is 10.1 Å². The van der Waals surface area contributed by atoms with E-state index in [9.17, 15) is 13.6 Å². The van der Waals surface area contributed by atoms with Gasteiger partial charge in [-0.1, -0.05) is 43.3 Å². The highest BCUT2D eigenvalue weighted by atomic mass is 32.2. The standard InChI is InChI=1S/C19H16F2N2O2S.C5H11N/c1-2-17(24)23-19(9-10-25-16-6-4-3-5-14(16)19)26-18(22-23)13-11-12(20)7-8-15(13)21;1-2-4-6-5-3-1/h3-8,11H,2,9-10H2,1H3;6H,1-5H2. The maximum Gasteiger partial charge on any atom is 0.244 e. The smallest absolute Gasteiger partial charge is 0.244 e. The molecular formula is C24H27F2N3O2S. The molecule has 0 bridgehead atoms. The fourth-order valence-electron chi connectivity index (χ4n) is 4.05. The number of amides is 1. The van der Waals surface area contributed by atoms with Crippen molar-refractivity contribution in [3.05, 3.63) is 65.2 Å². The zero-order chi connectivity index (χ0) is 22.6. The first-order valence-corrected chi connectivity index (χ1v) is 11.9. The quantitative estimate of drug-likeness (QED) is 0.686. The maximum absolute atomic E-state index is 14.3. The number of nitrogens with zero attached hydrogens (tertiary/aromatic N) is 2. The lowest BCUT2D eigenvalue weighted by molar-refractivity contribution is -0.135. The molecule has 3 aliphatic heterocycles. The predicted octanol–water partition coefficient (Wildman–Crippen LogP) is 5.01. The Bertz CT molecular complexity index is 1000. The molecule has 0 saturated carbocycles. The average Bonchev–Trinajstić information content (AvgIpc) is 3.21. The Morgan fingerprint density at radius 3 is 2.66 bits per heavy atom. The second-order valence-electron chi connectivity index (χ2n) is 7.88. The lowest BCUT2D eigenvalue weighted by Crippen LogP contribution is -2.44. The summed E-state index contributed by atoms with van der Waals surface area (Å²) >= 11 is 1.27. The summed E-state index contributed by atoms with van der Waals surface area (Å²) in [6.07, 6.45) is 4.98. The van der Waals surface area contributed by atoms with Crippen molar-refractivity contribution in [1.82, 2.24) is 10.3 Å². The lowest BCUT2D eigenvalue weighted by atomic mass is 9.99. The summed E-state index contributed by atoms with van der Waals surface area (Å²) in [6, 6.07) is 10.7. The molecule has 1 amide bonds. The molecule has 1 spiro atoms. The summed E-state index contributed by atoms with van der Waals surface area (Å²) in [7, 11) is 0. The van der Waals surface area contributed by atoms with Gasteiger partial charge in [-0.15, -0.1) is 0 Å². The van der Waals surface area contributed by atoms with Crippen LogP contribution in [0, 0.1) is 11.6 Å². The first-order valence-electron chi connectivity index (χ1n) is 11.0. The van der Waals surface area contributed by atoms with Crippen molar-refractivity contribution in [2.75, 3.05) is 19.7 Å². The van der Waals surface area contributed by atoms with E-state index < -0.39 is 16.5 Å². The van der Waals surface area contributed by atoms with Crippen molar-refractivity contribution in [3.63, 3.8) is 0 Å². The van der Waals surface area contributed by atoms with Gasteiger partial charge in [0.2, 0.25) is 5.91 Å². The number of piperidine rings is 1. The van der Waals surface area contributed by atoms with Gasteiger partial charge in [0.05, 0.1) is 6.61 Å². The van der Waals surface area contributed by atoms with Crippen LogP contribution in [0.25, 0.3) is 0 Å². The number of hydrazone groups is 1. The molecule has 5 nitrogen and oxygen atoms in total. The Labute approximate surface area is 191 Å². The normalized spacial score (nSPS) is 21.8. The van der Waals surface area contributed by atoms with E-state index in [1.165, 1.54) is 49.1 Å². The molecule has 170 valence electrons. The number of carbonyl (C=O) groups is 1. The van der Waals surface area contributed by atoms with Crippen LogP contribution < -0.4 is 10.1 Å². The molecule has 1 atom stereocenters. The summed E-state index contributed by atoms with van der Waals surface area (Å²) in [6.45, 7) is 4.66. The van der Waals surface area contributed by atoms with Gasteiger partial charge >= 0.3 is 0 Å². The Morgan fingerprint density at radius 2 is 1.97 bits per heavy atom. The molecule has 1 fully saturated rings. The SMILES string of the molecule is C1CCNCC1.CCC(=O)N1N=C(c2cc(F)ccc2F)SC12CCOc1ccccc12. The van der Waals surface area contributed by atoms with Crippen molar-refractivity contribution in [2.45, 2.75) is 43.9 Å². The van der Waals surface area contributed by atoms with Gasteiger partial charge in [0.1, 0.15) is 27.3 Å². The van der Waals surface area contributed by atoms with Gasteiger partial charge in [0.25, 0.3) is 0 Å². The van der Waals surface area contributed by atoms with Crippen molar-refractivity contribution in [2.24, 2.45) is 5.10 Å². The van der Waals surface area contributed by atoms with Gasteiger partial charge in [-0.05, 0) is 50.2 Å². The largest absolute Gasteiger partial charge is 0.493 e. The Balaban J connectivity index is 0.000000354. The van der Waals surface area contributed by atoms with Crippen LogP contribution in [0.1, 0.15) is 50.2 Å². The van der Waals surface area contributed by atoms with Crippen LogP contribution in [0.3, 0.4) is 0 Å². The highest BCUT2D eigenvalue weighted by molar-refractivity contribution is 8.15. The maximum atomic E-state index is 14.3. The van der Waals surface area contributed by atoms with Crippen molar-refractivity contribution in [1.29, 1.82) is 0 Å². The first kappa shape index (κ1) is 22.7. The van der Waals surface area contributed by atoms with Crippen LogP contribution in [0.15, 0.2) is 47.6 Å². The van der Waals surface area contributed by atoms with E-state index in [1.54, 1.807) is 6.92 Å². The fraction of sp³-hybridized carbons (Fsp3) is 0.417. The topological polar surface area (TPSA) is 53.9 Å². The molecule has 3 aliphatic rings. The molecule has 5 rings (SSSR count). The first-order chi connectivity index (χ1) is 15.5. The zero-order valence-electron chi connectivity index (χ0n) is 18.1. The highest BCUT2D eigenvalue weighted by Crippen LogP contribution is 2.54. The van der Waals surface area contributed by atoms with Crippen LogP contribution in [-0.4, -0.2) is 35.7 Å². The summed E-state index contributed by atoms with van der Waals surface area (Å²) in [5.41, 5.74) is 0.873. The van der Waals surface area contributed by atoms with E-state index in [4.69, 9.17) is 4.74 Å². The van der Waals surface area contributed by atoms with Crippen molar-refractivity contribution in [3.8, 4) is 5.75 Å². The Morgan fingerprint density at radius 1 is 1.19 bits per heavy atom. The summed E-state index contributed by atoms with van der Waals surface area (Å²) < 4.78 is 33.7. The number of fused-ring (bicyclic) bond motifs is 2. The van der Waals surface area contributed by atoms with E-state index in [0.717, 1.165) is 23.8 Å². The molecule has 2 aromatic carbocycles. The number of ether oxygens (including phenoxy) is 1. The summed E-state index contributed by atoms with van der Waals surface area (Å²) in [5.74, 6) is -0.623. The molecule has 1 N–H and O–H groups in total. The molecule has 8 heteroatoms. The number of rotatable bonds is 2. The summed E-state index contributed by atoms with van der Waals surface area (Å²) in [4.78, 5) is 11.8. The van der Waals surface area contributed by atoms with E-state index in [1.807, 2.05) is 24.3 Å². The molecule has 1 saturated heterocycles. The number of thioether (sulfide) groups is 1. The Kier molecular flexibility index (Phi) is 7.10. The predicted molar refractivity (Wildman–Crippen MR) is 123 cm³/mol. The third-order valence-corrected chi connectivity index (χ3v) is 7.14. The van der Waals surface area contributed by atoms with Crippen LogP contribution in [0.2, 0.25) is 0 Å². The molecule has 32 heavy (non-hydrogen) atoms. The number of nitrogens with one attached hydrogen (secondary N) is 1. The number of carbonyl (C=O) groups excluding carboxylic acids is 1. The lowest BCUT2D eigenvalue weighted by Gasteiger charge is -2.39. The van der Waals surface area contributed by atoms with Gasteiger partial charge in [0, 0.05) is 24.0 Å². The minimum Gasteiger partial charge on any atom is -0.493 e. The van der Waals surface area contributed by atoms with Crippen LogP contribution in [-0.2, 0) is 9.67 Å². The van der Waals surface area contributed by atoms with Crippen LogP contribution in [0.5, 0.6) is 5.75 Å². The molecule has 0 aliphatic carbocycles. The molecule has 3 heterocycles. The average molecular weight is 460 g/mol. The van der Waals surface area contributed by atoms with E-state index in [0.29, 0.717) is 23.8 Å². The van der Waals surface area contributed by atoms with Gasteiger partial charge in [0.15, 0.2) is 0 Å². The molecule has 2 aromatic rings. The Hall–Kier alpha value is -2.45. The number of hydrogen-bond acceptors (Lipinski definition) is 5. The third kappa shape index (κ3) is 4.52. The number of benzene rings is 2. The van der Waals surface area contributed by atoms with E-state index >= 15 is 0 Å². The second kappa shape index (κ2) is 10.0. The van der Waals surface area contributed by atoms with Gasteiger partial charge in [-0.3, -0.25) is 4.79 Å². The fourth-order valence-corrected chi connectivity index (χ4v) is 5.45. The number of para-hydroxylation sites is 1. The number of halogens is 2. The monoisotopic (exact) mass is 459 g/mol. The molecular weight excluding hydrogens is 432 g/mol. The van der Waals surface area contributed by atoms with Crippen LogP contribution in [0.4, 0.5) is 8.78 Å².